The van der Waals surface area contributed by atoms with Gasteiger partial charge in [0, 0.05) is 11.8 Å². The first-order valence-electron chi connectivity index (χ1n) is 5.61. The van der Waals surface area contributed by atoms with Gasteiger partial charge in [0.1, 0.15) is 0 Å². The normalized spacial score (nSPS) is 27.1. The summed E-state index contributed by atoms with van der Waals surface area (Å²) in [6, 6.07) is 6.44. The molecule has 0 saturated heterocycles. The zero-order chi connectivity index (χ0) is 10.6. The number of allylic oxidation sites excluding steroid dienone is 2. The average Bonchev–Trinajstić information content (AvgIpc) is 2.76. The van der Waals surface area contributed by atoms with E-state index >= 15 is 0 Å². The lowest BCUT2D eigenvalue weighted by atomic mass is 9.90. The fraction of sp³-hybridized carbons (Fsp3) is 0.429. The maximum absolute atomic E-state index is 9.97. The second-order valence-corrected chi connectivity index (χ2v) is 5.24. The van der Waals surface area contributed by atoms with Crippen molar-refractivity contribution in [1.82, 2.24) is 0 Å². The van der Waals surface area contributed by atoms with Crippen LogP contribution in [0.15, 0.2) is 30.4 Å². The van der Waals surface area contributed by atoms with Crippen molar-refractivity contribution in [2.24, 2.45) is 0 Å². The van der Waals surface area contributed by atoms with Crippen LogP contribution >= 0.6 is 0 Å². The minimum atomic E-state index is -0.722. The fourth-order valence-corrected chi connectivity index (χ4v) is 2.77. The summed E-state index contributed by atoms with van der Waals surface area (Å²) in [6.45, 7) is 3.69. The zero-order valence-corrected chi connectivity index (χ0v) is 9.20. The van der Waals surface area contributed by atoms with E-state index in [1.54, 1.807) is 0 Å². The minimum Gasteiger partial charge on any atom is -0.386 e. The minimum absolute atomic E-state index is 0.604. The molecule has 1 nitrogen and oxygen atoms in total. The van der Waals surface area contributed by atoms with E-state index in [-0.39, 0.29) is 0 Å². The maximum atomic E-state index is 9.97. The van der Waals surface area contributed by atoms with E-state index in [0.717, 1.165) is 5.56 Å². The number of rotatable bonds is 1. The Morgan fingerprint density at radius 3 is 2.47 bits per heavy atom. The summed E-state index contributed by atoms with van der Waals surface area (Å²) in [4.78, 5) is 0. The van der Waals surface area contributed by atoms with Gasteiger partial charge in [0.15, 0.2) is 0 Å². The van der Waals surface area contributed by atoms with Crippen molar-refractivity contribution >= 4 is 0 Å². The largest absolute Gasteiger partial charge is 0.386 e. The molecule has 78 valence electrons. The first-order chi connectivity index (χ1) is 7.05. The first-order valence-corrected chi connectivity index (χ1v) is 5.61. The van der Waals surface area contributed by atoms with Gasteiger partial charge in [0.2, 0.25) is 0 Å². The third-order valence-electron chi connectivity index (χ3n) is 3.68. The highest BCUT2D eigenvalue weighted by Crippen LogP contribution is 2.48. The molecule has 3 rings (SSSR count). The summed E-state index contributed by atoms with van der Waals surface area (Å²) in [7, 11) is 0. The molecule has 0 aromatic heterocycles. The Morgan fingerprint density at radius 2 is 1.80 bits per heavy atom. The Morgan fingerprint density at radius 1 is 1.13 bits per heavy atom. The number of aliphatic hydroxyl groups is 1. The smallest absolute Gasteiger partial charge is 0.0840 e. The van der Waals surface area contributed by atoms with Crippen LogP contribution in [0.5, 0.6) is 0 Å². The van der Waals surface area contributed by atoms with Gasteiger partial charge < -0.3 is 5.11 Å². The second kappa shape index (κ2) is 2.73. The third kappa shape index (κ3) is 1.26. The molecule has 2 aliphatic rings. The topological polar surface area (TPSA) is 20.2 Å². The van der Waals surface area contributed by atoms with E-state index in [1.807, 2.05) is 13.8 Å². The van der Waals surface area contributed by atoms with E-state index in [4.69, 9.17) is 0 Å². The standard InChI is InChI=1S/C14H16O/c1-14(2,15)11-5-6-12-9-3-4-10(7-9)13(12)8-11/h3-6,8-10,15H,7H2,1-2H3/t9-,10+/m0/s1. The van der Waals surface area contributed by atoms with Gasteiger partial charge >= 0.3 is 0 Å². The average molecular weight is 200 g/mol. The van der Waals surface area contributed by atoms with Crippen molar-refractivity contribution in [3.05, 3.63) is 47.0 Å². The summed E-state index contributed by atoms with van der Waals surface area (Å²) in [5.41, 5.74) is 3.21. The van der Waals surface area contributed by atoms with Crippen LogP contribution in [0.1, 0.15) is 48.8 Å². The first kappa shape index (κ1) is 9.17. The summed E-state index contributed by atoms with van der Waals surface area (Å²) in [5, 5.41) is 9.97. The molecule has 1 N–H and O–H groups in total. The van der Waals surface area contributed by atoms with E-state index < -0.39 is 5.60 Å². The van der Waals surface area contributed by atoms with Gasteiger partial charge in [-0.05, 0) is 37.0 Å². The highest BCUT2D eigenvalue weighted by atomic mass is 16.3. The molecule has 0 saturated carbocycles. The number of fused-ring (bicyclic) bond motifs is 5. The van der Waals surface area contributed by atoms with E-state index in [2.05, 4.69) is 30.4 Å². The van der Waals surface area contributed by atoms with E-state index in [9.17, 15) is 5.11 Å². The molecule has 2 atom stereocenters. The van der Waals surface area contributed by atoms with Crippen LogP contribution in [0.25, 0.3) is 0 Å². The molecule has 0 aliphatic heterocycles. The van der Waals surface area contributed by atoms with Crippen LogP contribution in [0.4, 0.5) is 0 Å². The van der Waals surface area contributed by atoms with Crippen LogP contribution in [0.3, 0.4) is 0 Å². The molecule has 15 heavy (non-hydrogen) atoms. The van der Waals surface area contributed by atoms with E-state index in [1.165, 1.54) is 17.5 Å². The molecule has 2 bridgehead atoms. The Kier molecular flexibility index (Phi) is 1.67. The van der Waals surface area contributed by atoms with Crippen molar-refractivity contribution in [1.29, 1.82) is 0 Å². The van der Waals surface area contributed by atoms with Gasteiger partial charge in [-0.1, -0.05) is 30.4 Å². The number of hydrogen-bond donors (Lipinski definition) is 1. The molecule has 0 heterocycles. The summed E-state index contributed by atoms with van der Waals surface area (Å²) in [5.74, 6) is 1.24. The van der Waals surface area contributed by atoms with Crippen LogP contribution in [-0.2, 0) is 5.60 Å². The van der Waals surface area contributed by atoms with Crippen LogP contribution in [0, 0.1) is 0 Å². The molecular weight excluding hydrogens is 184 g/mol. The molecule has 2 aliphatic carbocycles. The Balaban J connectivity index is 2.10. The Labute approximate surface area is 90.4 Å². The van der Waals surface area contributed by atoms with Crippen LogP contribution < -0.4 is 0 Å². The predicted molar refractivity (Wildman–Crippen MR) is 60.9 cm³/mol. The summed E-state index contributed by atoms with van der Waals surface area (Å²) >= 11 is 0. The summed E-state index contributed by atoms with van der Waals surface area (Å²) < 4.78 is 0. The van der Waals surface area contributed by atoms with Gasteiger partial charge in [-0.15, -0.1) is 0 Å². The molecule has 0 amide bonds. The van der Waals surface area contributed by atoms with Crippen LogP contribution in [0.2, 0.25) is 0 Å². The lowest BCUT2D eigenvalue weighted by molar-refractivity contribution is 0.0785. The summed E-state index contributed by atoms with van der Waals surface area (Å²) in [6.07, 6.45) is 5.86. The molecule has 0 radical (unpaired) electrons. The molecule has 1 heteroatoms. The van der Waals surface area contributed by atoms with Gasteiger partial charge in [0.25, 0.3) is 0 Å². The number of hydrogen-bond acceptors (Lipinski definition) is 1. The fourth-order valence-electron chi connectivity index (χ4n) is 2.77. The van der Waals surface area contributed by atoms with Crippen molar-refractivity contribution in [2.45, 2.75) is 37.7 Å². The van der Waals surface area contributed by atoms with Gasteiger partial charge in [-0.3, -0.25) is 0 Å². The highest BCUT2D eigenvalue weighted by Gasteiger charge is 2.33. The lowest BCUT2D eigenvalue weighted by Crippen LogP contribution is -2.16. The zero-order valence-electron chi connectivity index (χ0n) is 9.20. The Bertz CT molecular complexity index is 437. The van der Waals surface area contributed by atoms with Gasteiger partial charge in [0.05, 0.1) is 5.60 Å². The van der Waals surface area contributed by atoms with Crippen molar-refractivity contribution in [3.8, 4) is 0 Å². The van der Waals surface area contributed by atoms with Gasteiger partial charge in [-0.25, -0.2) is 0 Å². The molecule has 0 unspecified atom stereocenters. The van der Waals surface area contributed by atoms with Gasteiger partial charge in [-0.2, -0.15) is 0 Å². The monoisotopic (exact) mass is 200 g/mol. The second-order valence-electron chi connectivity index (χ2n) is 5.24. The van der Waals surface area contributed by atoms with Crippen molar-refractivity contribution < 1.29 is 5.11 Å². The highest BCUT2D eigenvalue weighted by molar-refractivity contribution is 5.49. The van der Waals surface area contributed by atoms with Crippen molar-refractivity contribution in [3.63, 3.8) is 0 Å². The molecule has 0 fully saturated rings. The third-order valence-corrected chi connectivity index (χ3v) is 3.68. The predicted octanol–water partition coefficient (Wildman–Crippen LogP) is 3.05. The lowest BCUT2D eigenvalue weighted by Gasteiger charge is -2.20. The SMILES string of the molecule is CC(C)(O)c1ccc2c(c1)[C@@H]1C=C[C@H]2C1. The van der Waals surface area contributed by atoms with Crippen molar-refractivity contribution in [2.75, 3.05) is 0 Å². The molecule has 1 aromatic carbocycles. The molecule has 0 spiro atoms. The quantitative estimate of drug-likeness (QED) is 0.691. The maximum Gasteiger partial charge on any atom is 0.0840 e. The Hall–Kier alpha value is -1.08. The molecule has 1 aromatic rings. The number of benzene rings is 1. The van der Waals surface area contributed by atoms with E-state index in [0.29, 0.717) is 11.8 Å². The molecular formula is C14H16O. The van der Waals surface area contributed by atoms with Crippen LogP contribution in [-0.4, -0.2) is 5.11 Å².